The highest BCUT2D eigenvalue weighted by Gasteiger charge is 2.44. The van der Waals surface area contributed by atoms with Gasteiger partial charge in [0.1, 0.15) is 38.5 Å². The van der Waals surface area contributed by atoms with Gasteiger partial charge in [-0.25, -0.2) is 9.67 Å². The Morgan fingerprint density at radius 1 is 1.17 bits per heavy atom. The maximum atomic E-state index is 6.36. The lowest BCUT2D eigenvalue weighted by Gasteiger charge is -2.28. The van der Waals surface area contributed by atoms with Crippen molar-refractivity contribution >= 4 is 11.6 Å². The number of para-hydroxylation sites is 2. The Bertz CT molecular complexity index is 965. The molecule has 0 unspecified atom stereocenters. The van der Waals surface area contributed by atoms with Gasteiger partial charge >= 0.3 is 0 Å². The van der Waals surface area contributed by atoms with E-state index in [-0.39, 0.29) is 6.10 Å². The molecule has 2 atom stereocenters. The number of aromatic nitrogens is 3. The van der Waals surface area contributed by atoms with Gasteiger partial charge in [0.15, 0.2) is 11.5 Å². The summed E-state index contributed by atoms with van der Waals surface area (Å²) in [5, 5.41) is 4.83. The van der Waals surface area contributed by atoms with Crippen LogP contribution < -0.4 is 9.47 Å². The lowest BCUT2D eigenvalue weighted by Crippen LogP contribution is -2.34. The number of nitrogens with zero attached hydrogens (tertiary/aromatic N) is 3. The van der Waals surface area contributed by atoms with Crippen molar-refractivity contribution < 1.29 is 18.9 Å². The van der Waals surface area contributed by atoms with E-state index in [1.165, 1.54) is 6.33 Å². The van der Waals surface area contributed by atoms with Crippen LogP contribution in [0.25, 0.3) is 0 Å². The summed E-state index contributed by atoms with van der Waals surface area (Å²) in [5.74, 6) is 0.289. The Morgan fingerprint density at radius 3 is 2.63 bits per heavy atom. The van der Waals surface area contributed by atoms with Gasteiger partial charge in [-0.15, -0.1) is 0 Å². The third-order valence-electron chi connectivity index (χ3n) is 4.61. The first kappa shape index (κ1) is 20.4. The van der Waals surface area contributed by atoms with Crippen LogP contribution in [-0.4, -0.2) is 40.7 Å². The fourth-order valence-electron chi connectivity index (χ4n) is 3.22. The minimum atomic E-state index is -1.01. The van der Waals surface area contributed by atoms with Crippen LogP contribution >= 0.6 is 11.6 Å². The number of benzene rings is 2. The van der Waals surface area contributed by atoms with Gasteiger partial charge in [-0.3, -0.25) is 0 Å². The second-order valence-corrected chi connectivity index (χ2v) is 7.20. The molecule has 0 amide bonds. The van der Waals surface area contributed by atoms with Crippen molar-refractivity contribution in [1.29, 1.82) is 0 Å². The van der Waals surface area contributed by atoms with E-state index in [9.17, 15) is 0 Å². The average Bonchev–Trinajstić information content (AvgIpc) is 3.43. The van der Waals surface area contributed by atoms with Crippen molar-refractivity contribution in [3.05, 3.63) is 84.4 Å². The molecule has 1 saturated heterocycles. The predicted molar refractivity (Wildman–Crippen MR) is 112 cm³/mol. The fraction of sp³-hybridized carbons (Fsp3) is 0.273. The molecule has 0 radical (unpaired) electrons. The van der Waals surface area contributed by atoms with Gasteiger partial charge in [0, 0.05) is 10.6 Å². The summed E-state index contributed by atoms with van der Waals surface area (Å²) in [6.07, 6.45) is 4.51. The van der Waals surface area contributed by atoms with Gasteiger partial charge in [0.05, 0.1) is 6.61 Å². The molecule has 1 aromatic heterocycles. The molecule has 1 fully saturated rings. The van der Waals surface area contributed by atoms with Crippen LogP contribution in [0, 0.1) is 0 Å². The SMILES string of the molecule is C=CCOc1ccccc1OC[C@@H]1CO[C@@](Cn2cncn2)(c2ccc(Cl)cc2)O1. The summed E-state index contributed by atoms with van der Waals surface area (Å²) in [5.41, 5.74) is 0.847. The molecule has 7 nitrogen and oxygen atoms in total. The van der Waals surface area contributed by atoms with Crippen molar-refractivity contribution in [2.45, 2.75) is 18.4 Å². The molecule has 4 rings (SSSR count). The Morgan fingerprint density at radius 2 is 1.93 bits per heavy atom. The van der Waals surface area contributed by atoms with Crippen LogP contribution in [0.5, 0.6) is 11.5 Å². The second-order valence-electron chi connectivity index (χ2n) is 6.76. The van der Waals surface area contributed by atoms with Gasteiger partial charge in [0.25, 0.3) is 0 Å². The van der Waals surface area contributed by atoms with E-state index in [2.05, 4.69) is 16.7 Å². The smallest absolute Gasteiger partial charge is 0.215 e. The molecule has 0 saturated carbocycles. The van der Waals surface area contributed by atoms with E-state index >= 15 is 0 Å². The average molecular weight is 428 g/mol. The molecule has 30 heavy (non-hydrogen) atoms. The van der Waals surface area contributed by atoms with Crippen molar-refractivity contribution in [1.82, 2.24) is 14.8 Å². The van der Waals surface area contributed by atoms with E-state index in [1.807, 2.05) is 48.5 Å². The van der Waals surface area contributed by atoms with Crippen LogP contribution in [0.1, 0.15) is 5.56 Å². The first-order valence-corrected chi connectivity index (χ1v) is 9.92. The number of ether oxygens (including phenoxy) is 4. The van der Waals surface area contributed by atoms with Crippen molar-refractivity contribution in [2.75, 3.05) is 19.8 Å². The van der Waals surface area contributed by atoms with Crippen molar-refractivity contribution in [3.63, 3.8) is 0 Å². The van der Waals surface area contributed by atoms with Gasteiger partial charge in [0.2, 0.25) is 5.79 Å². The van der Waals surface area contributed by atoms with Gasteiger partial charge < -0.3 is 18.9 Å². The summed E-state index contributed by atoms with van der Waals surface area (Å²) >= 11 is 6.06. The van der Waals surface area contributed by atoms with Gasteiger partial charge in [-0.05, 0) is 24.3 Å². The summed E-state index contributed by atoms with van der Waals surface area (Å²) in [6, 6.07) is 14.9. The minimum absolute atomic E-state index is 0.281. The standard InChI is InChI=1S/C22H22ClN3O4/c1-2-11-27-20-5-3-4-6-21(20)28-12-19-13-29-22(30-19,14-26-16-24-15-25-26)17-7-9-18(23)10-8-17/h2-10,15-16,19H,1,11-14H2/t19-,22-/m1/s1. The Balaban J connectivity index is 1.48. The summed E-state index contributed by atoms with van der Waals surface area (Å²) in [7, 11) is 0. The number of hydrogen-bond acceptors (Lipinski definition) is 6. The fourth-order valence-corrected chi connectivity index (χ4v) is 3.35. The number of rotatable bonds is 9. The molecule has 156 valence electrons. The molecule has 1 aliphatic rings. The monoisotopic (exact) mass is 427 g/mol. The Kier molecular flexibility index (Phi) is 6.32. The van der Waals surface area contributed by atoms with Crippen LogP contribution in [0.15, 0.2) is 73.8 Å². The third-order valence-corrected chi connectivity index (χ3v) is 4.86. The molecule has 0 aliphatic carbocycles. The predicted octanol–water partition coefficient (Wildman–Crippen LogP) is 3.84. The van der Waals surface area contributed by atoms with Crippen LogP contribution in [0.4, 0.5) is 0 Å². The highest BCUT2D eigenvalue weighted by molar-refractivity contribution is 6.30. The Labute approximate surface area is 179 Å². The second kappa shape index (κ2) is 9.30. The molecule has 2 aromatic carbocycles. The largest absolute Gasteiger partial charge is 0.487 e. The van der Waals surface area contributed by atoms with E-state index in [0.29, 0.717) is 42.9 Å². The van der Waals surface area contributed by atoms with E-state index in [1.54, 1.807) is 17.1 Å². The van der Waals surface area contributed by atoms with Crippen LogP contribution in [0.3, 0.4) is 0 Å². The number of halogens is 1. The minimum Gasteiger partial charge on any atom is -0.487 e. The third kappa shape index (κ3) is 4.64. The van der Waals surface area contributed by atoms with E-state index in [0.717, 1.165) is 5.56 Å². The Hall–Kier alpha value is -2.87. The van der Waals surface area contributed by atoms with Crippen LogP contribution in [0.2, 0.25) is 5.02 Å². The van der Waals surface area contributed by atoms with Crippen molar-refractivity contribution in [2.24, 2.45) is 0 Å². The molecule has 0 spiro atoms. The highest BCUT2D eigenvalue weighted by Crippen LogP contribution is 2.37. The lowest BCUT2D eigenvalue weighted by atomic mass is 10.1. The van der Waals surface area contributed by atoms with E-state index < -0.39 is 5.79 Å². The van der Waals surface area contributed by atoms with Gasteiger partial charge in [-0.2, -0.15) is 5.10 Å². The molecular weight excluding hydrogens is 406 g/mol. The summed E-state index contributed by atoms with van der Waals surface area (Å²) in [4.78, 5) is 4.01. The maximum Gasteiger partial charge on any atom is 0.215 e. The molecule has 3 aromatic rings. The molecule has 1 aliphatic heterocycles. The maximum absolute atomic E-state index is 6.36. The molecular formula is C22H22ClN3O4. The van der Waals surface area contributed by atoms with Crippen molar-refractivity contribution in [3.8, 4) is 11.5 Å². The van der Waals surface area contributed by atoms with Crippen LogP contribution in [-0.2, 0) is 21.8 Å². The quantitative estimate of drug-likeness (QED) is 0.483. The summed E-state index contributed by atoms with van der Waals surface area (Å²) in [6.45, 7) is 5.10. The first-order chi connectivity index (χ1) is 14.7. The zero-order valence-corrected chi connectivity index (χ0v) is 17.1. The lowest BCUT2D eigenvalue weighted by molar-refractivity contribution is -0.190. The zero-order chi connectivity index (χ0) is 20.8. The molecule has 0 N–H and O–H groups in total. The molecule has 2 heterocycles. The zero-order valence-electron chi connectivity index (χ0n) is 16.3. The molecule has 8 heteroatoms. The normalized spacial score (nSPS) is 20.8. The topological polar surface area (TPSA) is 67.6 Å². The first-order valence-electron chi connectivity index (χ1n) is 9.54. The van der Waals surface area contributed by atoms with E-state index in [4.69, 9.17) is 30.5 Å². The number of hydrogen-bond donors (Lipinski definition) is 0. The van der Waals surface area contributed by atoms with Gasteiger partial charge in [-0.1, -0.05) is 48.5 Å². The summed E-state index contributed by atoms with van der Waals surface area (Å²) < 4.78 is 25.8. The molecule has 0 bridgehead atoms. The highest BCUT2D eigenvalue weighted by atomic mass is 35.5.